The number of nitrogens with zero attached hydrogens (tertiary/aromatic N) is 4. The lowest BCUT2D eigenvalue weighted by Gasteiger charge is -2.35. The van der Waals surface area contributed by atoms with Gasteiger partial charge in [0.1, 0.15) is 6.07 Å². The third-order valence-corrected chi connectivity index (χ3v) is 5.84. The summed E-state index contributed by atoms with van der Waals surface area (Å²) in [7, 11) is 1.80. The molecule has 8 heteroatoms. The predicted octanol–water partition coefficient (Wildman–Crippen LogP) is 3.58. The fraction of sp³-hybridized carbons (Fsp3) is 0.450. The molecule has 0 bridgehead atoms. The molecule has 1 aromatic heterocycles. The zero-order valence-electron chi connectivity index (χ0n) is 16.5. The molecule has 0 spiro atoms. The number of benzene rings is 1. The Morgan fingerprint density at radius 2 is 2.18 bits per heavy atom. The molecule has 0 amide bonds. The highest BCUT2D eigenvalue weighted by Gasteiger charge is 2.22. The van der Waals surface area contributed by atoms with Crippen LogP contribution in [0, 0.1) is 25.2 Å². The van der Waals surface area contributed by atoms with E-state index in [2.05, 4.69) is 31.6 Å². The van der Waals surface area contributed by atoms with Crippen molar-refractivity contribution in [1.82, 2.24) is 15.6 Å². The summed E-state index contributed by atoms with van der Waals surface area (Å²) in [6.45, 7) is 6.64. The van der Waals surface area contributed by atoms with Crippen LogP contribution < -0.4 is 15.5 Å². The maximum atomic E-state index is 9.38. The van der Waals surface area contributed by atoms with E-state index in [9.17, 15) is 5.26 Å². The Morgan fingerprint density at radius 1 is 1.39 bits per heavy atom. The van der Waals surface area contributed by atoms with Gasteiger partial charge in [-0.1, -0.05) is 12.1 Å². The van der Waals surface area contributed by atoms with E-state index in [1.807, 2.05) is 38.1 Å². The van der Waals surface area contributed by atoms with E-state index in [0.717, 1.165) is 60.4 Å². The Labute approximate surface area is 188 Å². The summed E-state index contributed by atoms with van der Waals surface area (Å²) < 4.78 is 0. The number of rotatable bonds is 4. The van der Waals surface area contributed by atoms with Gasteiger partial charge in [0.2, 0.25) is 0 Å². The zero-order chi connectivity index (χ0) is 19.2. The van der Waals surface area contributed by atoms with Crippen LogP contribution in [0.25, 0.3) is 0 Å². The highest BCUT2D eigenvalue weighted by Crippen LogP contribution is 2.23. The van der Waals surface area contributed by atoms with Gasteiger partial charge >= 0.3 is 0 Å². The summed E-state index contributed by atoms with van der Waals surface area (Å²) in [6, 6.07) is 10.4. The quantitative estimate of drug-likeness (QED) is 0.374. The minimum atomic E-state index is 0. The summed E-state index contributed by atoms with van der Waals surface area (Å²) in [5.74, 6) is 0.806. The molecule has 0 saturated carbocycles. The summed E-state index contributed by atoms with van der Waals surface area (Å²) in [5, 5.41) is 17.4. The van der Waals surface area contributed by atoms with E-state index >= 15 is 0 Å². The van der Waals surface area contributed by atoms with Gasteiger partial charge in [-0.15, -0.1) is 35.3 Å². The Bertz CT molecular complexity index is 857. The van der Waals surface area contributed by atoms with Crippen molar-refractivity contribution < 1.29 is 0 Å². The second-order valence-electron chi connectivity index (χ2n) is 6.73. The van der Waals surface area contributed by atoms with Crippen molar-refractivity contribution in [3.63, 3.8) is 0 Å². The molecule has 2 heterocycles. The summed E-state index contributed by atoms with van der Waals surface area (Å²) in [5.41, 5.74) is 2.83. The van der Waals surface area contributed by atoms with Gasteiger partial charge in [0.15, 0.2) is 5.96 Å². The first-order valence-corrected chi connectivity index (χ1v) is 10.1. The Hall–Kier alpha value is -1.86. The number of thiazole rings is 1. The first kappa shape index (κ1) is 22.4. The number of guanidine groups is 1. The first-order chi connectivity index (χ1) is 13.1. The van der Waals surface area contributed by atoms with Crippen LogP contribution in [-0.4, -0.2) is 37.1 Å². The van der Waals surface area contributed by atoms with Crippen LogP contribution in [0.5, 0.6) is 0 Å². The second kappa shape index (κ2) is 10.6. The van der Waals surface area contributed by atoms with Gasteiger partial charge in [-0.3, -0.25) is 4.99 Å². The number of nitriles is 1. The van der Waals surface area contributed by atoms with Crippen LogP contribution in [0.3, 0.4) is 0 Å². The largest absolute Gasteiger partial charge is 0.368 e. The average Bonchev–Trinajstić information content (AvgIpc) is 3.02. The van der Waals surface area contributed by atoms with Crippen molar-refractivity contribution in [3.8, 4) is 6.07 Å². The van der Waals surface area contributed by atoms with Gasteiger partial charge in [0.05, 0.1) is 28.5 Å². The van der Waals surface area contributed by atoms with Crippen LogP contribution in [0.1, 0.15) is 34.0 Å². The molecule has 28 heavy (non-hydrogen) atoms. The van der Waals surface area contributed by atoms with E-state index in [4.69, 9.17) is 0 Å². The van der Waals surface area contributed by atoms with Gasteiger partial charge < -0.3 is 15.5 Å². The molecule has 1 aliphatic rings. The van der Waals surface area contributed by atoms with E-state index in [1.54, 1.807) is 18.4 Å². The Balaban J connectivity index is 0.00000280. The maximum absolute atomic E-state index is 9.38. The van der Waals surface area contributed by atoms with Gasteiger partial charge in [-0.05, 0) is 38.8 Å². The van der Waals surface area contributed by atoms with Crippen LogP contribution in [0.4, 0.5) is 5.69 Å². The topological polar surface area (TPSA) is 76.3 Å². The van der Waals surface area contributed by atoms with Crippen LogP contribution in [0.15, 0.2) is 29.3 Å². The number of para-hydroxylation sites is 1. The number of aliphatic imine (C=N–C) groups is 1. The molecule has 1 aliphatic heterocycles. The van der Waals surface area contributed by atoms with E-state index in [0.29, 0.717) is 6.04 Å². The molecular weight excluding hydrogens is 483 g/mol. The molecule has 2 aromatic rings. The lowest BCUT2D eigenvalue weighted by Crippen LogP contribution is -2.51. The molecule has 2 N–H and O–H groups in total. The van der Waals surface area contributed by atoms with E-state index < -0.39 is 0 Å². The van der Waals surface area contributed by atoms with Gasteiger partial charge in [0.25, 0.3) is 0 Å². The highest BCUT2D eigenvalue weighted by molar-refractivity contribution is 14.0. The van der Waals surface area contributed by atoms with Gasteiger partial charge in [-0.2, -0.15) is 5.26 Å². The van der Waals surface area contributed by atoms with Crippen molar-refractivity contribution in [2.24, 2.45) is 4.99 Å². The van der Waals surface area contributed by atoms with Crippen molar-refractivity contribution in [3.05, 3.63) is 45.4 Å². The van der Waals surface area contributed by atoms with Gasteiger partial charge in [0, 0.05) is 31.1 Å². The van der Waals surface area contributed by atoms with Gasteiger partial charge in [-0.25, -0.2) is 4.98 Å². The molecule has 3 rings (SSSR count). The minimum absolute atomic E-state index is 0. The number of aryl methyl sites for hydroxylation is 2. The van der Waals surface area contributed by atoms with Crippen LogP contribution in [0.2, 0.25) is 0 Å². The summed E-state index contributed by atoms with van der Waals surface area (Å²) in [6.07, 6.45) is 2.17. The Kier molecular flexibility index (Phi) is 8.51. The highest BCUT2D eigenvalue weighted by atomic mass is 127. The number of anilines is 1. The van der Waals surface area contributed by atoms with Crippen molar-refractivity contribution in [1.29, 1.82) is 5.26 Å². The standard InChI is InChI=1S/C20H26N6S.HI/c1-14-19(27-15(2)24-14)12-23-20(22-3)25-17-8-6-10-26(13-17)18-9-5-4-7-16(18)11-21;/h4-5,7,9,17H,6,8,10,12-13H2,1-3H3,(H2,22,23,25);1H. The Morgan fingerprint density at radius 3 is 2.86 bits per heavy atom. The molecule has 150 valence electrons. The fourth-order valence-corrected chi connectivity index (χ4v) is 4.32. The summed E-state index contributed by atoms with van der Waals surface area (Å²) >= 11 is 1.72. The molecule has 1 fully saturated rings. The molecule has 1 aromatic carbocycles. The minimum Gasteiger partial charge on any atom is -0.368 e. The van der Waals surface area contributed by atoms with Crippen molar-refractivity contribution in [2.75, 3.05) is 25.0 Å². The third kappa shape index (κ3) is 5.58. The average molecular weight is 510 g/mol. The zero-order valence-corrected chi connectivity index (χ0v) is 19.7. The lowest BCUT2D eigenvalue weighted by molar-refractivity contribution is 0.468. The smallest absolute Gasteiger partial charge is 0.191 e. The van der Waals surface area contributed by atoms with E-state index in [-0.39, 0.29) is 24.0 Å². The van der Waals surface area contributed by atoms with Crippen molar-refractivity contribution in [2.45, 2.75) is 39.3 Å². The van der Waals surface area contributed by atoms with Crippen molar-refractivity contribution >= 4 is 47.0 Å². The lowest BCUT2D eigenvalue weighted by atomic mass is 10.0. The number of hydrogen-bond donors (Lipinski definition) is 2. The second-order valence-corrected chi connectivity index (χ2v) is 8.01. The maximum Gasteiger partial charge on any atom is 0.191 e. The molecule has 0 aliphatic carbocycles. The monoisotopic (exact) mass is 510 g/mol. The SMILES string of the molecule is CN=C(NCc1sc(C)nc1C)NC1CCCN(c2ccccc2C#N)C1.I. The molecule has 1 atom stereocenters. The molecule has 1 unspecified atom stereocenters. The number of halogens is 1. The number of nitrogens with one attached hydrogen (secondary N) is 2. The normalized spacial score (nSPS) is 16.9. The molecule has 1 saturated heterocycles. The number of aromatic nitrogens is 1. The molecular formula is C20H27IN6S. The molecule has 0 radical (unpaired) electrons. The van der Waals surface area contributed by atoms with Crippen LogP contribution in [-0.2, 0) is 6.54 Å². The fourth-order valence-electron chi connectivity index (χ4n) is 3.45. The number of hydrogen-bond acceptors (Lipinski definition) is 5. The first-order valence-electron chi connectivity index (χ1n) is 9.25. The molecule has 6 nitrogen and oxygen atoms in total. The van der Waals surface area contributed by atoms with E-state index in [1.165, 1.54) is 4.88 Å². The van der Waals surface area contributed by atoms with Crippen LogP contribution >= 0.6 is 35.3 Å². The summed E-state index contributed by atoms with van der Waals surface area (Å²) in [4.78, 5) is 12.4. The number of piperidine rings is 1. The third-order valence-electron chi connectivity index (χ3n) is 4.77. The predicted molar refractivity (Wildman–Crippen MR) is 127 cm³/mol.